The first-order valence-electron chi connectivity index (χ1n) is 4.04. The Morgan fingerprint density at radius 2 is 2.38 bits per heavy atom. The highest BCUT2D eigenvalue weighted by Crippen LogP contribution is 2.15. The topological polar surface area (TPSA) is 52.8 Å². The van der Waals surface area contributed by atoms with Crippen molar-refractivity contribution in [2.75, 3.05) is 18.5 Å². The predicted molar refractivity (Wildman–Crippen MR) is 52.7 cm³/mol. The Hall–Kier alpha value is -1.15. The minimum Gasteiger partial charge on any atom is -0.349 e. The average molecular weight is 196 g/mol. The molecule has 1 aromatic rings. The third-order valence-electron chi connectivity index (χ3n) is 1.61. The number of aryl methyl sites for hydroxylation is 1. The standard InChI is InChI=1S/C8H12N4S/c1-6(4-9)5-12(3)8-10-7(2)11-13-8/h6H,5H2,1-3H3. The molecule has 5 heteroatoms. The molecule has 0 aliphatic carbocycles. The molecule has 13 heavy (non-hydrogen) atoms. The molecule has 0 aromatic carbocycles. The van der Waals surface area contributed by atoms with Crippen molar-refractivity contribution in [1.82, 2.24) is 9.36 Å². The first kappa shape index (κ1) is 9.93. The van der Waals surface area contributed by atoms with Gasteiger partial charge in [-0.25, -0.2) is 4.98 Å². The van der Waals surface area contributed by atoms with E-state index in [4.69, 9.17) is 5.26 Å². The Morgan fingerprint density at radius 1 is 1.69 bits per heavy atom. The number of nitrogens with zero attached hydrogens (tertiary/aromatic N) is 4. The smallest absolute Gasteiger partial charge is 0.204 e. The number of anilines is 1. The largest absolute Gasteiger partial charge is 0.349 e. The van der Waals surface area contributed by atoms with Crippen molar-refractivity contribution < 1.29 is 0 Å². The molecule has 1 unspecified atom stereocenters. The normalized spacial score (nSPS) is 12.2. The maximum Gasteiger partial charge on any atom is 0.204 e. The van der Waals surface area contributed by atoms with Crippen LogP contribution in [0.3, 0.4) is 0 Å². The summed E-state index contributed by atoms with van der Waals surface area (Å²) in [5.74, 6) is 0.811. The molecule has 0 bridgehead atoms. The van der Waals surface area contributed by atoms with Crippen molar-refractivity contribution in [3.8, 4) is 6.07 Å². The monoisotopic (exact) mass is 196 g/mol. The van der Waals surface area contributed by atoms with Gasteiger partial charge < -0.3 is 4.90 Å². The molecule has 0 saturated carbocycles. The summed E-state index contributed by atoms with van der Waals surface area (Å²) in [5, 5.41) is 9.50. The third kappa shape index (κ3) is 2.67. The molecule has 1 rings (SSSR count). The zero-order chi connectivity index (χ0) is 9.84. The van der Waals surface area contributed by atoms with E-state index in [-0.39, 0.29) is 5.92 Å². The molecule has 0 aliphatic rings. The highest BCUT2D eigenvalue weighted by Gasteiger charge is 2.09. The van der Waals surface area contributed by atoms with Crippen molar-refractivity contribution in [3.63, 3.8) is 0 Å². The molecule has 0 fully saturated rings. The summed E-state index contributed by atoms with van der Waals surface area (Å²) in [7, 11) is 1.92. The van der Waals surface area contributed by atoms with Crippen molar-refractivity contribution >= 4 is 16.7 Å². The second kappa shape index (κ2) is 4.19. The summed E-state index contributed by atoms with van der Waals surface area (Å²) in [4.78, 5) is 6.18. The van der Waals surface area contributed by atoms with Gasteiger partial charge in [0.15, 0.2) is 0 Å². The Kier molecular flexibility index (Phi) is 3.20. The Morgan fingerprint density at radius 3 is 2.85 bits per heavy atom. The first-order valence-corrected chi connectivity index (χ1v) is 4.82. The molecular formula is C8H12N4S. The van der Waals surface area contributed by atoms with E-state index >= 15 is 0 Å². The van der Waals surface area contributed by atoms with E-state index in [1.54, 1.807) is 0 Å². The van der Waals surface area contributed by atoms with Crippen LogP contribution in [-0.2, 0) is 0 Å². The minimum atomic E-state index is 0.0224. The molecular weight excluding hydrogens is 184 g/mol. The van der Waals surface area contributed by atoms with Gasteiger partial charge in [0.25, 0.3) is 0 Å². The van der Waals surface area contributed by atoms with E-state index in [0.717, 1.165) is 11.0 Å². The fourth-order valence-electron chi connectivity index (χ4n) is 0.971. The van der Waals surface area contributed by atoms with E-state index < -0.39 is 0 Å². The van der Waals surface area contributed by atoms with E-state index in [9.17, 15) is 0 Å². The number of aromatic nitrogens is 2. The van der Waals surface area contributed by atoms with Crippen LogP contribution in [0.25, 0.3) is 0 Å². The maximum absolute atomic E-state index is 8.63. The van der Waals surface area contributed by atoms with Crippen LogP contribution in [0.5, 0.6) is 0 Å². The third-order valence-corrected chi connectivity index (χ3v) is 2.53. The molecule has 0 aliphatic heterocycles. The molecule has 1 heterocycles. The Bertz CT molecular complexity index is 314. The number of hydrogen-bond acceptors (Lipinski definition) is 5. The first-order chi connectivity index (χ1) is 6.13. The van der Waals surface area contributed by atoms with Gasteiger partial charge in [0.05, 0.1) is 12.0 Å². The molecule has 0 saturated heterocycles. The zero-order valence-electron chi connectivity index (χ0n) is 7.98. The minimum absolute atomic E-state index is 0.0224. The average Bonchev–Trinajstić information content (AvgIpc) is 2.51. The lowest BCUT2D eigenvalue weighted by atomic mass is 10.2. The van der Waals surface area contributed by atoms with Crippen LogP contribution in [-0.4, -0.2) is 22.9 Å². The molecule has 70 valence electrons. The Labute approximate surface area is 82.0 Å². The summed E-state index contributed by atoms with van der Waals surface area (Å²) in [5.41, 5.74) is 0. The lowest BCUT2D eigenvalue weighted by Crippen LogP contribution is -2.22. The summed E-state index contributed by atoms with van der Waals surface area (Å²) in [6.45, 7) is 4.46. The summed E-state index contributed by atoms with van der Waals surface area (Å²) in [6.07, 6.45) is 0. The lowest BCUT2D eigenvalue weighted by molar-refractivity contribution is 0.714. The van der Waals surface area contributed by atoms with Gasteiger partial charge in [0.2, 0.25) is 5.13 Å². The van der Waals surface area contributed by atoms with Gasteiger partial charge >= 0.3 is 0 Å². The van der Waals surface area contributed by atoms with Crippen LogP contribution in [0.2, 0.25) is 0 Å². The zero-order valence-corrected chi connectivity index (χ0v) is 8.80. The predicted octanol–water partition coefficient (Wildman–Crippen LogP) is 1.44. The highest BCUT2D eigenvalue weighted by molar-refractivity contribution is 7.09. The maximum atomic E-state index is 8.63. The van der Waals surface area contributed by atoms with Crippen LogP contribution in [0.1, 0.15) is 12.7 Å². The van der Waals surface area contributed by atoms with E-state index in [2.05, 4.69) is 15.4 Å². The lowest BCUT2D eigenvalue weighted by Gasteiger charge is -2.15. The van der Waals surface area contributed by atoms with Crippen LogP contribution in [0.15, 0.2) is 0 Å². The van der Waals surface area contributed by atoms with Gasteiger partial charge in [-0.2, -0.15) is 9.64 Å². The summed E-state index contributed by atoms with van der Waals surface area (Å²) >= 11 is 1.37. The summed E-state index contributed by atoms with van der Waals surface area (Å²) in [6, 6.07) is 2.19. The molecule has 1 atom stereocenters. The highest BCUT2D eigenvalue weighted by atomic mass is 32.1. The quantitative estimate of drug-likeness (QED) is 0.734. The van der Waals surface area contributed by atoms with Crippen molar-refractivity contribution in [3.05, 3.63) is 5.82 Å². The Balaban J connectivity index is 2.59. The van der Waals surface area contributed by atoms with Crippen molar-refractivity contribution in [2.45, 2.75) is 13.8 Å². The van der Waals surface area contributed by atoms with Crippen molar-refractivity contribution in [1.29, 1.82) is 5.26 Å². The van der Waals surface area contributed by atoms with Gasteiger partial charge in [-0.3, -0.25) is 0 Å². The van der Waals surface area contributed by atoms with Gasteiger partial charge in [0.1, 0.15) is 5.82 Å². The second-order valence-corrected chi connectivity index (χ2v) is 3.77. The van der Waals surface area contributed by atoms with E-state index in [1.807, 2.05) is 25.8 Å². The summed E-state index contributed by atoms with van der Waals surface area (Å²) < 4.78 is 4.08. The van der Waals surface area contributed by atoms with Crippen LogP contribution in [0.4, 0.5) is 5.13 Å². The van der Waals surface area contributed by atoms with Gasteiger partial charge in [-0.05, 0) is 13.8 Å². The van der Waals surface area contributed by atoms with Gasteiger partial charge in [-0.15, -0.1) is 0 Å². The fourth-order valence-corrected chi connectivity index (χ4v) is 1.61. The number of nitriles is 1. The molecule has 0 radical (unpaired) electrons. The second-order valence-electron chi connectivity index (χ2n) is 3.03. The number of hydrogen-bond donors (Lipinski definition) is 0. The molecule has 0 N–H and O–H groups in total. The van der Waals surface area contributed by atoms with Crippen LogP contribution >= 0.6 is 11.5 Å². The molecule has 0 amide bonds. The molecule has 0 spiro atoms. The van der Waals surface area contributed by atoms with Crippen LogP contribution in [0, 0.1) is 24.2 Å². The van der Waals surface area contributed by atoms with Gasteiger partial charge in [0, 0.05) is 25.1 Å². The van der Waals surface area contributed by atoms with Crippen LogP contribution < -0.4 is 4.90 Å². The molecule has 4 nitrogen and oxygen atoms in total. The van der Waals surface area contributed by atoms with E-state index in [0.29, 0.717) is 6.54 Å². The number of rotatable bonds is 3. The SMILES string of the molecule is Cc1nsc(N(C)CC(C)C#N)n1. The van der Waals surface area contributed by atoms with E-state index in [1.165, 1.54) is 11.5 Å². The van der Waals surface area contributed by atoms with Crippen molar-refractivity contribution in [2.24, 2.45) is 5.92 Å². The van der Waals surface area contributed by atoms with Gasteiger partial charge in [-0.1, -0.05) is 0 Å². The molecule has 1 aromatic heterocycles. The fraction of sp³-hybridized carbons (Fsp3) is 0.625.